The van der Waals surface area contributed by atoms with E-state index < -0.39 is 0 Å². The van der Waals surface area contributed by atoms with Crippen LogP contribution < -0.4 is 5.32 Å². The summed E-state index contributed by atoms with van der Waals surface area (Å²) in [5.41, 5.74) is 4.84. The molecule has 0 aliphatic carbocycles. The Balaban J connectivity index is 2.01. The Morgan fingerprint density at radius 2 is 1.84 bits per heavy atom. The number of rotatable bonds is 4. The summed E-state index contributed by atoms with van der Waals surface area (Å²) in [7, 11) is 0. The van der Waals surface area contributed by atoms with E-state index >= 15 is 0 Å². The van der Waals surface area contributed by atoms with E-state index in [9.17, 15) is 4.39 Å². The summed E-state index contributed by atoms with van der Waals surface area (Å²) in [6, 6.07) is 13.5. The largest absolute Gasteiger partial charge is 0.306 e. The third-order valence-electron chi connectivity index (χ3n) is 3.53. The molecule has 0 saturated carbocycles. The number of hydrogen-bond acceptors (Lipinski definition) is 1. The molecule has 0 amide bonds. The summed E-state index contributed by atoms with van der Waals surface area (Å²) < 4.78 is 13.1. The molecule has 0 fully saturated rings. The summed E-state index contributed by atoms with van der Waals surface area (Å²) >= 11 is 0. The predicted octanol–water partition coefficient (Wildman–Crippen LogP) is 4.29. The second kappa shape index (κ2) is 5.98. The monoisotopic (exact) mass is 257 g/mol. The Hall–Kier alpha value is -1.67. The van der Waals surface area contributed by atoms with Gasteiger partial charge in [0.25, 0.3) is 0 Å². The zero-order valence-electron chi connectivity index (χ0n) is 11.7. The molecule has 1 atom stereocenters. The van der Waals surface area contributed by atoms with Gasteiger partial charge < -0.3 is 5.32 Å². The lowest BCUT2D eigenvalue weighted by Gasteiger charge is -2.15. The van der Waals surface area contributed by atoms with Crippen LogP contribution >= 0.6 is 0 Å². The summed E-state index contributed by atoms with van der Waals surface area (Å²) in [5.74, 6) is -0.182. The SMILES string of the molecule is Cc1ccc(C(C)NCc2cccc(F)c2)cc1C. The highest BCUT2D eigenvalue weighted by Gasteiger charge is 2.06. The Morgan fingerprint density at radius 3 is 2.53 bits per heavy atom. The van der Waals surface area contributed by atoms with E-state index in [-0.39, 0.29) is 11.9 Å². The van der Waals surface area contributed by atoms with Crippen LogP contribution in [0.3, 0.4) is 0 Å². The van der Waals surface area contributed by atoms with Gasteiger partial charge in [0.2, 0.25) is 0 Å². The fourth-order valence-corrected chi connectivity index (χ4v) is 2.07. The molecule has 0 saturated heterocycles. The Labute approximate surface area is 114 Å². The van der Waals surface area contributed by atoms with Gasteiger partial charge >= 0.3 is 0 Å². The van der Waals surface area contributed by atoms with Gasteiger partial charge in [0.15, 0.2) is 0 Å². The van der Waals surface area contributed by atoms with Crippen LogP contribution in [0.4, 0.5) is 4.39 Å². The maximum Gasteiger partial charge on any atom is 0.123 e. The lowest BCUT2D eigenvalue weighted by molar-refractivity contribution is 0.569. The van der Waals surface area contributed by atoms with Crippen molar-refractivity contribution < 1.29 is 4.39 Å². The highest BCUT2D eigenvalue weighted by atomic mass is 19.1. The fourth-order valence-electron chi connectivity index (χ4n) is 2.07. The number of aryl methyl sites for hydroxylation is 2. The van der Waals surface area contributed by atoms with Crippen LogP contribution in [0.1, 0.15) is 35.2 Å². The van der Waals surface area contributed by atoms with Crippen molar-refractivity contribution >= 4 is 0 Å². The molecule has 0 aliphatic heterocycles. The van der Waals surface area contributed by atoms with Gasteiger partial charge in [-0.25, -0.2) is 4.39 Å². The maximum absolute atomic E-state index is 13.1. The molecule has 0 aromatic heterocycles. The third-order valence-corrected chi connectivity index (χ3v) is 3.53. The van der Waals surface area contributed by atoms with Gasteiger partial charge in [0.1, 0.15) is 5.82 Å². The van der Waals surface area contributed by atoms with Crippen molar-refractivity contribution in [2.24, 2.45) is 0 Å². The summed E-state index contributed by atoms with van der Waals surface area (Å²) in [5, 5.41) is 3.42. The number of nitrogens with one attached hydrogen (secondary N) is 1. The third kappa shape index (κ3) is 3.65. The minimum absolute atomic E-state index is 0.182. The van der Waals surface area contributed by atoms with Gasteiger partial charge in [0.05, 0.1) is 0 Å². The second-order valence-corrected chi connectivity index (χ2v) is 5.08. The normalized spacial score (nSPS) is 12.4. The van der Waals surface area contributed by atoms with Crippen molar-refractivity contribution in [2.75, 3.05) is 0 Å². The number of benzene rings is 2. The molecule has 2 aromatic carbocycles. The lowest BCUT2D eigenvalue weighted by atomic mass is 10.0. The molecule has 0 heterocycles. The van der Waals surface area contributed by atoms with Crippen LogP contribution in [0.5, 0.6) is 0 Å². The predicted molar refractivity (Wildman–Crippen MR) is 77.6 cm³/mol. The molecule has 1 unspecified atom stereocenters. The summed E-state index contributed by atoms with van der Waals surface area (Å²) in [4.78, 5) is 0. The van der Waals surface area contributed by atoms with Gasteiger partial charge in [-0.2, -0.15) is 0 Å². The van der Waals surface area contributed by atoms with Crippen molar-refractivity contribution in [2.45, 2.75) is 33.4 Å². The first-order valence-corrected chi connectivity index (χ1v) is 6.61. The lowest BCUT2D eigenvalue weighted by Crippen LogP contribution is -2.18. The van der Waals surface area contributed by atoms with E-state index in [2.05, 4.69) is 44.3 Å². The molecule has 0 spiro atoms. The molecule has 0 radical (unpaired) electrons. The first-order chi connectivity index (χ1) is 9.06. The molecule has 1 nitrogen and oxygen atoms in total. The molecular weight excluding hydrogens is 237 g/mol. The van der Waals surface area contributed by atoms with E-state index in [4.69, 9.17) is 0 Å². The Kier molecular flexibility index (Phi) is 4.33. The van der Waals surface area contributed by atoms with Gasteiger partial charge in [-0.05, 0) is 55.2 Å². The molecule has 0 aliphatic rings. The molecule has 2 heteroatoms. The second-order valence-electron chi connectivity index (χ2n) is 5.08. The summed E-state index contributed by atoms with van der Waals surface area (Å²) in [6.45, 7) is 7.04. The number of hydrogen-bond donors (Lipinski definition) is 1. The standard InChI is InChI=1S/C17H20FN/c1-12-7-8-16(9-13(12)2)14(3)19-11-15-5-4-6-17(18)10-15/h4-10,14,19H,11H2,1-3H3. The van der Waals surface area contributed by atoms with Gasteiger partial charge in [0, 0.05) is 12.6 Å². The van der Waals surface area contributed by atoms with E-state index in [0.717, 1.165) is 5.56 Å². The topological polar surface area (TPSA) is 12.0 Å². The Morgan fingerprint density at radius 1 is 1.05 bits per heavy atom. The van der Waals surface area contributed by atoms with Gasteiger partial charge in [-0.3, -0.25) is 0 Å². The highest BCUT2D eigenvalue weighted by Crippen LogP contribution is 2.17. The van der Waals surface area contributed by atoms with E-state index in [1.807, 2.05) is 6.07 Å². The average molecular weight is 257 g/mol. The molecule has 1 N–H and O–H groups in total. The van der Waals surface area contributed by atoms with Crippen LogP contribution in [0.15, 0.2) is 42.5 Å². The van der Waals surface area contributed by atoms with Crippen LogP contribution in [0.25, 0.3) is 0 Å². The van der Waals surface area contributed by atoms with E-state index in [1.54, 1.807) is 12.1 Å². The minimum Gasteiger partial charge on any atom is -0.306 e. The van der Waals surface area contributed by atoms with Crippen LogP contribution in [0.2, 0.25) is 0 Å². The first-order valence-electron chi connectivity index (χ1n) is 6.61. The van der Waals surface area contributed by atoms with Gasteiger partial charge in [-0.15, -0.1) is 0 Å². The van der Waals surface area contributed by atoms with Crippen molar-refractivity contribution in [3.63, 3.8) is 0 Å². The maximum atomic E-state index is 13.1. The van der Waals surface area contributed by atoms with E-state index in [0.29, 0.717) is 6.54 Å². The molecule has 2 aromatic rings. The van der Waals surface area contributed by atoms with Crippen LogP contribution in [0, 0.1) is 19.7 Å². The van der Waals surface area contributed by atoms with Crippen LogP contribution in [-0.2, 0) is 6.54 Å². The molecule has 0 bridgehead atoms. The van der Waals surface area contributed by atoms with Crippen molar-refractivity contribution in [1.82, 2.24) is 5.32 Å². The van der Waals surface area contributed by atoms with Crippen molar-refractivity contribution in [3.8, 4) is 0 Å². The van der Waals surface area contributed by atoms with Crippen molar-refractivity contribution in [3.05, 3.63) is 70.5 Å². The molecule has 100 valence electrons. The zero-order valence-corrected chi connectivity index (χ0v) is 11.7. The fraction of sp³-hybridized carbons (Fsp3) is 0.294. The minimum atomic E-state index is -0.182. The smallest absolute Gasteiger partial charge is 0.123 e. The highest BCUT2D eigenvalue weighted by molar-refractivity contribution is 5.31. The van der Waals surface area contributed by atoms with E-state index in [1.165, 1.54) is 22.8 Å². The first kappa shape index (κ1) is 13.8. The number of halogens is 1. The van der Waals surface area contributed by atoms with Crippen LogP contribution in [-0.4, -0.2) is 0 Å². The summed E-state index contributed by atoms with van der Waals surface area (Å²) in [6.07, 6.45) is 0. The van der Waals surface area contributed by atoms with Crippen molar-refractivity contribution in [1.29, 1.82) is 0 Å². The van der Waals surface area contributed by atoms with Gasteiger partial charge in [-0.1, -0.05) is 30.3 Å². The Bertz CT molecular complexity index is 563. The molecule has 19 heavy (non-hydrogen) atoms. The molecule has 2 rings (SSSR count). The zero-order chi connectivity index (χ0) is 13.8. The quantitative estimate of drug-likeness (QED) is 0.861. The average Bonchev–Trinajstić information content (AvgIpc) is 2.39. The molecular formula is C17H20FN.